The van der Waals surface area contributed by atoms with Gasteiger partial charge in [0.15, 0.2) is 0 Å². The van der Waals surface area contributed by atoms with Crippen molar-refractivity contribution in [2.45, 2.75) is 32.2 Å². The highest BCUT2D eigenvalue weighted by Gasteiger charge is 2.41. The van der Waals surface area contributed by atoms with Gasteiger partial charge in [0, 0.05) is 24.4 Å². The first kappa shape index (κ1) is 9.00. The molecule has 0 spiro atoms. The summed E-state index contributed by atoms with van der Waals surface area (Å²) in [5, 5.41) is 2.91. The number of hydrogen-bond acceptors (Lipinski definition) is 2. The van der Waals surface area contributed by atoms with Gasteiger partial charge in [-0.05, 0) is 33.4 Å². The third kappa shape index (κ3) is 1.46. The molecular weight excluding hydrogens is 164 g/mol. The van der Waals surface area contributed by atoms with Gasteiger partial charge in [0.1, 0.15) is 0 Å². The first-order chi connectivity index (χ1) is 6.10. The van der Waals surface area contributed by atoms with E-state index in [1.807, 2.05) is 0 Å². The van der Waals surface area contributed by atoms with Crippen LogP contribution in [0.2, 0.25) is 0 Å². The van der Waals surface area contributed by atoms with Gasteiger partial charge in [-0.2, -0.15) is 0 Å². The monoisotopic (exact) mass is 182 g/mol. The number of hydrogen-bond donors (Lipinski definition) is 1. The van der Waals surface area contributed by atoms with Gasteiger partial charge in [0.2, 0.25) is 5.91 Å². The number of nitrogens with zero attached hydrogens (tertiary/aromatic N) is 1. The molecule has 13 heavy (non-hydrogen) atoms. The number of likely N-dealkylation sites (tertiary alicyclic amines) is 1. The maximum Gasteiger partial charge on any atom is 0.220 e. The molecule has 1 amide bonds. The Hall–Kier alpha value is -0.570. The molecule has 0 saturated carbocycles. The number of amides is 1. The number of rotatable bonds is 2. The van der Waals surface area contributed by atoms with Crippen LogP contribution in [0.3, 0.4) is 0 Å². The molecule has 2 heterocycles. The molecule has 0 aromatic rings. The van der Waals surface area contributed by atoms with Crippen molar-refractivity contribution in [2.24, 2.45) is 5.92 Å². The van der Waals surface area contributed by atoms with E-state index in [0.717, 1.165) is 6.54 Å². The van der Waals surface area contributed by atoms with Crippen molar-refractivity contribution >= 4 is 5.91 Å². The summed E-state index contributed by atoms with van der Waals surface area (Å²) in [6, 6.07) is 0. The first-order valence-corrected chi connectivity index (χ1v) is 5.12. The van der Waals surface area contributed by atoms with E-state index >= 15 is 0 Å². The minimum atomic E-state index is 0.206. The van der Waals surface area contributed by atoms with Crippen LogP contribution < -0.4 is 5.32 Å². The normalized spacial score (nSPS) is 30.0. The maximum atomic E-state index is 11.1. The molecule has 0 radical (unpaired) electrons. The average Bonchev–Trinajstić information content (AvgIpc) is 2.30. The van der Waals surface area contributed by atoms with E-state index in [1.165, 1.54) is 19.5 Å². The molecule has 2 saturated heterocycles. The van der Waals surface area contributed by atoms with Crippen LogP contribution in [0.15, 0.2) is 0 Å². The van der Waals surface area contributed by atoms with E-state index in [-0.39, 0.29) is 11.4 Å². The summed E-state index contributed by atoms with van der Waals surface area (Å²) in [6.07, 6.45) is 2.03. The topological polar surface area (TPSA) is 32.3 Å². The minimum absolute atomic E-state index is 0.206. The standard InChI is InChI=1S/C10H18N2O/c1-10(2,12-4-3-5-12)8-6-9(13)11-7-8/h8H,3-7H2,1-2H3,(H,11,13). The molecule has 0 aromatic heterocycles. The van der Waals surface area contributed by atoms with Gasteiger partial charge in [-0.25, -0.2) is 0 Å². The van der Waals surface area contributed by atoms with E-state index < -0.39 is 0 Å². The smallest absolute Gasteiger partial charge is 0.220 e. The molecule has 0 aromatic carbocycles. The van der Waals surface area contributed by atoms with Crippen LogP contribution in [0.25, 0.3) is 0 Å². The number of carbonyl (C=O) groups excluding carboxylic acids is 1. The Balaban J connectivity index is 2.01. The van der Waals surface area contributed by atoms with E-state index in [9.17, 15) is 4.79 Å². The van der Waals surface area contributed by atoms with Crippen molar-refractivity contribution in [3.05, 3.63) is 0 Å². The molecule has 3 heteroatoms. The lowest BCUT2D eigenvalue weighted by Crippen LogP contribution is -2.56. The second kappa shape index (κ2) is 2.98. The van der Waals surface area contributed by atoms with Crippen LogP contribution in [0, 0.1) is 5.92 Å². The van der Waals surface area contributed by atoms with Gasteiger partial charge in [0.25, 0.3) is 0 Å². The van der Waals surface area contributed by atoms with E-state index in [4.69, 9.17) is 0 Å². The molecule has 0 bridgehead atoms. The van der Waals surface area contributed by atoms with Crippen LogP contribution in [0.1, 0.15) is 26.7 Å². The maximum absolute atomic E-state index is 11.1. The number of nitrogens with one attached hydrogen (secondary N) is 1. The highest BCUT2D eigenvalue weighted by Crippen LogP contribution is 2.32. The zero-order valence-corrected chi connectivity index (χ0v) is 8.47. The SMILES string of the molecule is CC(C)(C1CNC(=O)C1)N1CCC1. The molecule has 2 fully saturated rings. The largest absolute Gasteiger partial charge is 0.356 e. The first-order valence-electron chi connectivity index (χ1n) is 5.12. The summed E-state index contributed by atoms with van der Waals surface area (Å²) in [7, 11) is 0. The van der Waals surface area contributed by atoms with Crippen LogP contribution in [-0.2, 0) is 4.79 Å². The van der Waals surface area contributed by atoms with Crippen LogP contribution in [0.5, 0.6) is 0 Å². The molecule has 74 valence electrons. The third-order valence-corrected chi connectivity index (χ3v) is 3.65. The summed E-state index contributed by atoms with van der Waals surface area (Å²) in [4.78, 5) is 13.6. The predicted octanol–water partition coefficient (Wildman–Crippen LogP) is 0.607. The van der Waals surface area contributed by atoms with Crippen molar-refractivity contribution in [1.29, 1.82) is 0 Å². The highest BCUT2D eigenvalue weighted by molar-refractivity contribution is 5.78. The molecule has 2 aliphatic heterocycles. The zero-order chi connectivity index (χ0) is 9.47. The Morgan fingerprint density at radius 2 is 2.15 bits per heavy atom. The minimum Gasteiger partial charge on any atom is -0.356 e. The molecule has 2 rings (SSSR count). The van der Waals surface area contributed by atoms with E-state index in [2.05, 4.69) is 24.1 Å². The van der Waals surface area contributed by atoms with Gasteiger partial charge < -0.3 is 5.32 Å². The van der Waals surface area contributed by atoms with E-state index in [1.54, 1.807) is 0 Å². The lowest BCUT2D eigenvalue weighted by molar-refractivity contribution is -0.119. The Morgan fingerprint density at radius 1 is 1.46 bits per heavy atom. The summed E-state index contributed by atoms with van der Waals surface area (Å²) >= 11 is 0. The predicted molar refractivity (Wildman–Crippen MR) is 51.4 cm³/mol. The van der Waals surface area contributed by atoms with Crippen LogP contribution in [-0.4, -0.2) is 36.0 Å². The molecular formula is C10H18N2O. The summed E-state index contributed by atoms with van der Waals surface area (Å²) in [5.41, 5.74) is 0.206. The number of carbonyl (C=O) groups is 1. The van der Waals surface area contributed by atoms with Crippen molar-refractivity contribution < 1.29 is 4.79 Å². The van der Waals surface area contributed by atoms with Crippen molar-refractivity contribution in [1.82, 2.24) is 10.2 Å². The summed E-state index contributed by atoms with van der Waals surface area (Å²) < 4.78 is 0. The van der Waals surface area contributed by atoms with Crippen LogP contribution in [0.4, 0.5) is 0 Å². The second-order valence-corrected chi connectivity index (χ2v) is 4.70. The summed E-state index contributed by atoms with van der Waals surface area (Å²) in [5.74, 6) is 0.721. The molecule has 3 nitrogen and oxygen atoms in total. The van der Waals surface area contributed by atoms with Crippen molar-refractivity contribution in [2.75, 3.05) is 19.6 Å². The van der Waals surface area contributed by atoms with Gasteiger partial charge >= 0.3 is 0 Å². The Bertz CT molecular complexity index is 221. The summed E-state index contributed by atoms with van der Waals surface area (Å²) in [6.45, 7) is 7.80. The van der Waals surface area contributed by atoms with E-state index in [0.29, 0.717) is 12.3 Å². The van der Waals surface area contributed by atoms with Gasteiger partial charge in [-0.1, -0.05) is 0 Å². The fourth-order valence-corrected chi connectivity index (χ4v) is 2.26. The molecule has 1 atom stereocenters. The Morgan fingerprint density at radius 3 is 2.54 bits per heavy atom. The quantitative estimate of drug-likeness (QED) is 0.678. The van der Waals surface area contributed by atoms with Crippen molar-refractivity contribution in [3.63, 3.8) is 0 Å². The van der Waals surface area contributed by atoms with Gasteiger partial charge in [0.05, 0.1) is 0 Å². The fraction of sp³-hybridized carbons (Fsp3) is 0.900. The van der Waals surface area contributed by atoms with Crippen LogP contribution >= 0.6 is 0 Å². The van der Waals surface area contributed by atoms with Gasteiger partial charge in [-0.3, -0.25) is 9.69 Å². The molecule has 1 unspecified atom stereocenters. The Kier molecular flexibility index (Phi) is 2.06. The third-order valence-electron chi connectivity index (χ3n) is 3.65. The highest BCUT2D eigenvalue weighted by atomic mass is 16.1. The van der Waals surface area contributed by atoms with Gasteiger partial charge in [-0.15, -0.1) is 0 Å². The Labute approximate surface area is 79.5 Å². The second-order valence-electron chi connectivity index (χ2n) is 4.70. The zero-order valence-electron chi connectivity index (χ0n) is 8.47. The van der Waals surface area contributed by atoms with Crippen molar-refractivity contribution in [3.8, 4) is 0 Å². The molecule has 2 aliphatic rings. The molecule has 0 aliphatic carbocycles. The lowest BCUT2D eigenvalue weighted by atomic mass is 9.83. The fourth-order valence-electron chi connectivity index (χ4n) is 2.26. The molecule has 1 N–H and O–H groups in total. The lowest BCUT2D eigenvalue weighted by Gasteiger charge is -2.47. The average molecular weight is 182 g/mol.